The Morgan fingerprint density at radius 2 is 1.83 bits per heavy atom. The SMILES string of the molecule is O=S1CC2=C(CCCCC2)CO1. The highest BCUT2D eigenvalue weighted by Gasteiger charge is 2.19. The van der Waals surface area contributed by atoms with Crippen LogP contribution in [0, 0.1) is 0 Å². The van der Waals surface area contributed by atoms with Gasteiger partial charge in [-0.05, 0) is 31.3 Å². The Morgan fingerprint density at radius 3 is 2.67 bits per heavy atom. The first kappa shape index (κ1) is 8.45. The van der Waals surface area contributed by atoms with Crippen molar-refractivity contribution in [2.75, 3.05) is 12.4 Å². The largest absolute Gasteiger partial charge is 0.286 e. The molecule has 0 spiro atoms. The Morgan fingerprint density at radius 1 is 1.08 bits per heavy atom. The molecule has 0 amide bonds. The minimum absolute atomic E-state index is 0.627. The molecule has 0 fully saturated rings. The highest BCUT2D eigenvalue weighted by atomic mass is 32.2. The van der Waals surface area contributed by atoms with Crippen molar-refractivity contribution in [1.29, 1.82) is 0 Å². The molecule has 0 saturated heterocycles. The standard InChI is InChI=1S/C9H14O2S/c10-12-7-9-5-3-1-2-4-8(9)6-11-12/h1-7H2. The molecular weight excluding hydrogens is 172 g/mol. The Kier molecular flexibility index (Phi) is 2.61. The van der Waals surface area contributed by atoms with Crippen molar-refractivity contribution < 1.29 is 8.39 Å². The van der Waals surface area contributed by atoms with Gasteiger partial charge in [-0.15, -0.1) is 0 Å². The van der Waals surface area contributed by atoms with E-state index in [-0.39, 0.29) is 0 Å². The van der Waals surface area contributed by atoms with Crippen molar-refractivity contribution in [1.82, 2.24) is 0 Å². The molecule has 2 aliphatic rings. The highest BCUT2D eigenvalue weighted by Crippen LogP contribution is 2.27. The van der Waals surface area contributed by atoms with E-state index in [9.17, 15) is 4.21 Å². The van der Waals surface area contributed by atoms with Crippen molar-refractivity contribution in [2.24, 2.45) is 0 Å². The van der Waals surface area contributed by atoms with E-state index in [0.29, 0.717) is 12.4 Å². The van der Waals surface area contributed by atoms with Crippen LogP contribution in [0.25, 0.3) is 0 Å². The van der Waals surface area contributed by atoms with Crippen molar-refractivity contribution in [3.63, 3.8) is 0 Å². The van der Waals surface area contributed by atoms with Crippen LogP contribution >= 0.6 is 0 Å². The molecular formula is C9H14O2S. The van der Waals surface area contributed by atoms with Crippen LogP contribution < -0.4 is 0 Å². The smallest absolute Gasteiger partial charge is 0.159 e. The molecule has 2 nitrogen and oxygen atoms in total. The zero-order chi connectivity index (χ0) is 8.39. The first-order valence-corrected chi connectivity index (χ1v) is 5.82. The summed E-state index contributed by atoms with van der Waals surface area (Å²) in [5.74, 6) is 0.676. The van der Waals surface area contributed by atoms with Crippen LogP contribution in [-0.4, -0.2) is 16.6 Å². The molecule has 1 atom stereocenters. The van der Waals surface area contributed by atoms with Gasteiger partial charge in [0, 0.05) is 0 Å². The predicted molar refractivity (Wildman–Crippen MR) is 49.1 cm³/mol. The minimum Gasteiger partial charge on any atom is -0.286 e. The lowest BCUT2D eigenvalue weighted by atomic mass is 10.1. The minimum atomic E-state index is -1.02. The van der Waals surface area contributed by atoms with Gasteiger partial charge in [0.1, 0.15) is 0 Å². The van der Waals surface area contributed by atoms with E-state index in [1.54, 1.807) is 0 Å². The van der Waals surface area contributed by atoms with Gasteiger partial charge in [-0.25, -0.2) is 4.21 Å². The van der Waals surface area contributed by atoms with Crippen molar-refractivity contribution in [2.45, 2.75) is 32.1 Å². The Balaban J connectivity index is 2.15. The summed E-state index contributed by atoms with van der Waals surface area (Å²) in [6.07, 6.45) is 6.21. The van der Waals surface area contributed by atoms with Gasteiger partial charge in [-0.1, -0.05) is 12.0 Å². The second-order valence-electron chi connectivity index (χ2n) is 3.48. The lowest BCUT2D eigenvalue weighted by Crippen LogP contribution is -2.16. The van der Waals surface area contributed by atoms with Gasteiger partial charge in [0.2, 0.25) is 0 Å². The molecule has 0 aromatic rings. The first-order valence-electron chi connectivity index (χ1n) is 4.57. The van der Waals surface area contributed by atoms with Gasteiger partial charge in [0.25, 0.3) is 0 Å². The van der Waals surface area contributed by atoms with Gasteiger partial charge in [-0.3, -0.25) is 4.18 Å². The second-order valence-corrected chi connectivity index (χ2v) is 4.61. The van der Waals surface area contributed by atoms with E-state index in [2.05, 4.69) is 0 Å². The number of rotatable bonds is 0. The molecule has 0 aromatic carbocycles. The van der Waals surface area contributed by atoms with Gasteiger partial charge < -0.3 is 0 Å². The van der Waals surface area contributed by atoms with Gasteiger partial charge in [0.05, 0.1) is 12.4 Å². The molecule has 1 unspecified atom stereocenters. The average Bonchev–Trinajstić information content (AvgIpc) is 2.28. The van der Waals surface area contributed by atoms with Crippen LogP contribution in [0.2, 0.25) is 0 Å². The zero-order valence-electron chi connectivity index (χ0n) is 7.17. The molecule has 0 radical (unpaired) electrons. The third-order valence-electron chi connectivity index (χ3n) is 2.61. The predicted octanol–water partition coefficient (Wildman–Crippen LogP) is 1.94. The van der Waals surface area contributed by atoms with Gasteiger partial charge in [0.15, 0.2) is 11.1 Å². The van der Waals surface area contributed by atoms with Crippen molar-refractivity contribution in [3.8, 4) is 0 Å². The molecule has 0 N–H and O–H groups in total. The third-order valence-corrected chi connectivity index (χ3v) is 3.58. The Labute approximate surface area is 75.7 Å². The average molecular weight is 186 g/mol. The fraction of sp³-hybridized carbons (Fsp3) is 0.778. The molecule has 1 aliphatic carbocycles. The van der Waals surface area contributed by atoms with E-state index in [0.717, 1.165) is 6.42 Å². The zero-order valence-corrected chi connectivity index (χ0v) is 7.99. The van der Waals surface area contributed by atoms with Crippen LogP contribution in [-0.2, 0) is 15.3 Å². The monoisotopic (exact) mass is 186 g/mol. The maximum absolute atomic E-state index is 11.1. The molecule has 68 valence electrons. The fourth-order valence-corrected chi connectivity index (χ4v) is 2.87. The molecule has 0 saturated carbocycles. The summed E-state index contributed by atoms with van der Waals surface area (Å²) in [4.78, 5) is 0. The molecule has 1 heterocycles. The molecule has 0 aromatic heterocycles. The lowest BCUT2D eigenvalue weighted by Gasteiger charge is -2.17. The number of hydrogen-bond donors (Lipinski definition) is 0. The highest BCUT2D eigenvalue weighted by molar-refractivity contribution is 7.80. The van der Waals surface area contributed by atoms with Gasteiger partial charge >= 0.3 is 0 Å². The summed E-state index contributed by atoms with van der Waals surface area (Å²) in [6, 6.07) is 0. The van der Waals surface area contributed by atoms with Gasteiger partial charge in [-0.2, -0.15) is 0 Å². The maximum atomic E-state index is 11.1. The summed E-state index contributed by atoms with van der Waals surface area (Å²) in [7, 11) is 0. The summed E-state index contributed by atoms with van der Waals surface area (Å²) < 4.78 is 16.2. The number of hydrogen-bond acceptors (Lipinski definition) is 2. The lowest BCUT2D eigenvalue weighted by molar-refractivity contribution is 0.370. The maximum Gasteiger partial charge on any atom is 0.159 e. The van der Waals surface area contributed by atoms with Crippen molar-refractivity contribution >= 4 is 11.1 Å². The van der Waals surface area contributed by atoms with E-state index >= 15 is 0 Å². The summed E-state index contributed by atoms with van der Waals surface area (Å²) in [5.41, 5.74) is 2.86. The topological polar surface area (TPSA) is 26.3 Å². The van der Waals surface area contributed by atoms with Crippen LogP contribution in [0.3, 0.4) is 0 Å². The third kappa shape index (κ3) is 1.77. The molecule has 2 rings (SSSR count). The summed E-state index contributed by atoms with van der Waals surface area (Å²) in [6.45, 7) is 0.627. The quantitative estimate of drug-likeness (QED) is 0.540. The first-order chi connectivity index (χ1) is 5.86. The molecule has 3 heteroatoms. The Hall–Kier alpha value is -0.150. The summed E-state index contributed by atoms with van der Waals surface area (Å²) >= 11 is -1.02. The molecule has 1 aliphatic heterocycles. The second kappa shape index (κ2) is 3.71. The van der Waals surface area contributed by atoms with Crippen LogP contribution in [0.15, 0.2) is 11.1 Å². The van der Waals surface area contributed by atoms with Crippen molar-refractivity contribution in [3.05, 3.63) is 11.1 Å². The van der Waals surface area contributed by atoms with E-state index in [1.165, 1.54) is 36.8 Å². The van der Waals surface area contributed by atoms with E-state index in [1.807, 2.05) is 0 Å². The normalized spacial score (nSPS) is 31.2. The fourth-order valence-electron chi connectivity index (χ4n) is 1.88. The van der Waals surface area contributed by atoms with Crippen LogP contribution in [0.5, 0.6) is 0 Å². The van der Waals surface area contributed by atoms with Crippen LogP contribution in [0.4, 0.5) is 0 Å². The molecule has 0 bridgehead atoms. The molecule has 12 heavy (non-hydrogen) atoms. The van der Waals surface area contributed by atoms with E-state index < -0.39 is 11.1 Å². The Bertz CT molecular complexity index is 233. The van der Waals surface area contributed by atoms with Crippen LogP contribution in [0.1, 0.15) is 32.1 Å². The van der Waals surface area contributed by atoms with E-state index in [4.69, 9.17) is 4.18 Å². The summed E-state index contributed by atoms with van der Waals surface area (Å²) in [5, 5.41) is 0.